The standard InChI is InChI=1S/C16H16N4O3/c1-10-7-11(23-19-10)8-15(21)20(2)9-14-17-13-6-4-3-5-12(13)16(22)18-14/h3-7H,8-9H2,1-2H3,(H,17,18,22). The van der Waals surface area contributed by atoms with Gasteiger partial charge >= 0.3 is 0 Å². The van der Waals surface area contributed by atoms with Crippen LogP contribution in [0, 0.1) is 6.92 Å². The Morgan fingerprint density at radius 3 is 2.87 bits per heavy atom. The molecule has 0 aliphatic rings. The summed E-state index contributed by atoms with van der Waals surface area (Å²) in [4.78, 5) is 32.8. The lowest BCUT2D eigenvalue weighted by Crippen LogP contribution is -2.29. The monoisotopic (exact) mass is 312 g/mol. The van der Waals surface area contributed by atoms with Crippen molar-refractivity contribution in [2.45, 2.75) is 19.9 Å². The molecule has 3 rings (SSSR count). The van der Waals surface area contributed by atoms with E-state index in [4.69, 9.17) is 4.52 Å². The summed E-state index contributed by atoms with van der Waals surface area (Å²) in [6, 6.07) is 8.81. The smallest absolute Gasteiger partial charge is 0.258 e. The molecule has 0 radical (unpaired) electrons. The lowest BCUT2D eigenvalue weighted by molar-refractivity contribution is -0.130. The zero-order chi connectivity index (χ0) is 16.4. The number of nitrogens with one attached hydrogen (secondary N) is 1. The Hall–Kier alpha value is -2.96. The molecule has 0 atom stereocenters. The van der Waals surface area contributed by atoms with E-state index in [1.165, 1.54) is 4.90 Å². The summed E-state index contributed by atoms with van der Waals surface area (Å²) in [5.41, 5.74) is 1.13. The SMILES string of the molecule is Cc1cc(CC(=O)N(C)Cc2nc3ccccc3c(=O)[nH]2)on1. The third-order valence-corrected chi connectivity index (χ3v) is 3.48. The van der Waals surface area contributed by atoms with Gasteiger partial charge in [-0.15, -0.1) is 0 Å². The number of rotatable bonds is 4. The molecular weight excluding hydrogens is 296 g/mol. The fourth-order valence-corrected chi connectivity index (χ4v) is 2.31. The van der Waals surface area contributed by atoms with Crippen molar-refractivity contribution in [1.29, 1.82) is 0 Å². The fourth-order valence-electron chi connectivity index (χ4n) is 2.31. The maximum absolute atomic E-state index is 12.2. The number of carbonyl (C=O) groups is 1. The largest absolute Gasteiger partial charge is 0.361 e. The zero-order valence-corrected chi connectivity index (χ0v) is 12.9. The third kappa shape index (κ3) is 3.28. The molecule has 0 fully saturated rings. The van der Waals surface area contributed by atoms with Crippen molar-refractivity contribution >= 4 is 16.8 Å². The van der Waals surface area contributed by atoms with E-state index in [0.717, 1.165) is 5.69 Å². The number of carbonyl (C=O) groups excluding carboxylic acids is 1. The molecular formula is C16H16N4O3. The van der Waals surface area contributed by atoms with E-state index in [0.29, 0.717) is 22.5 Å². The number of amides is 1. The molecule has 118 valence electrons. The van der Waals surface area contributed by atoms with Crippen LogP contribution < -0.4 is 5.56 Å². The van der Waals surface area contributed by atoms with Gasteiger partial charge in [-0.05, 0) is 19.1 Å². The number of hydrogen-bond acceptors (Lipinski definition) is 5. The first-order valence-electron chi connectivity index (χ1n) is 7.17. The van der Waals surface area contributed by atoms with Crippen LogP contribution in [0.15, 0.2) is 39.6 Å². The van der Waals surface area contributed by atoms with Crippen molar-refractivity contribution < 1.29 is 9.32 Å². The number of aromatic nitrogens is 3. The minimum absolute atomic E-state index is 0.120. The van der Waals surface area contributed by atoms with Gasteiger partial charge in [0.05, 0.1) is 29.6 Å². The van der Waals surface area contributed by atoms with Gasteiger partial charge in [0.1, 0.15) is 11.6 Å². The number of aromatic amines is 1. The first-order valence-corrected chi connectivity index (χ1v) is 7.17. The number of para-hydroxylation sites is 1. The van der Waals surface area contributed by atoms with Gasteiger partial charge in [-0.1, -0.05) is 17.3 Å². The number of hydrogen-bond donors (Lipinski definition) is 1. The molecule has 3 aromatic rings. The number of H-pyrrole nitrogens is 1. The highest BCUT2D eigenvalue weighted by Gasteiger charge is 2.14. The van der Waals surface area contributed by atoms with E-state index < -0.39 is 0 Å². The molecule has 1 amide bonds. The molecule has 7 nitrogen and oxygen atoms in total. The van der Waals surface area contributed by atoms with Gasteiger partial charge < -0.3 is 14.4 Å². The van der Waals surface area contributed by atoms with Crippen LogP contribution in [0.3, 0.4) is 0 Å². The Bertz CT molecular complexity index is 913. The Labute approximate surface area is 131 Å². The summed E-state index contributed by atoms with van der Waals surface area (Å²) < 4.78 is 5.04. The third-order valence-electron chi connectivity index (χ3n) is 3.48. The highest BCUT2D eigenvalue weighted by Crippen LogP contribution is 2.08. The highest BCUT2D eigenvalue weighted by atomic mass is 16.5. The summed E-state index contributed by atoms with van der Waals surface area (Å²) in [7, 11) is 1.65. The predicted octanol–water partition coefficient (Wildman–Crippen LogP) is 1.42. The molecule has 0 aliphatic heterocycles. The number of benzene rings is 1. The molecule has 0 bridgehead atoms. The quantitative estimate of drug-likeness (QED) is 0.786. The number of likely N-dealkylation sites (N-methyl/N-ethyl adjacent to an activating group) is 1. The van der Waals surface area contributed by atoms with Crippen LogP contribution in [0.4, 0.5) is 0 Å². The normalized spacial score (nSPS) is 10.9. The molecule has 0 saturated heterocycles. The first kappa shape index (κ1) is 15.0. The van der Waals surface area contributed by atoms with Crippen molar-refractivity contribution in [2.75, 3.05) is 7.05 Å². The minimum Gasteiger partial charge on any atom is -0.361 e. The van der Waals surface area contributed by atoms with E-state index in [-0.39, 0.29) is 24.4 Å². The van der Waals surface area contributed by atoms with Crippen molar-refractivity contribution in [1.82, 2.24) is 20.0 Å². The molecule has 0 unspecified atom stereocenters. The van der Waals surface area contributed by atoms with Gasteiger partial charge in [-0.2, -0.15) is 0 Å². The molecule has 2 heterocycles. The van der Waals surface area contributed by atoms with E-state index in [2.05, 4.69) is 15.1 Å². The van der Waals surface area contributed by atoms with E-state index >= 15 is 0 Å². The predicted molar refractivity (Wildman–Crippen MR) is 83.8 cm³/mol. The Morgan fingerprint density at radius 2 is 2.13 bits per heavy atom. The second-order valence-corrected chi connectivity index (χ2v) is 5.39. The number of nitrogens with zero attached hydrogens (tertiary/aromatic N) is 3. The van der Waals surface area contributed by atoms with Gasteiger partial charge in [0.2, 0.25) is 5.91 Å². The Morgan fingerprint density at radius 1 is 1.35 bits per heavy atom. The maximum Gasteiger partial charge on any atom is 0.258 e. The number of fused-ring (bicyclic) bond motifs is 1. The fraction of sp³-hybridized carbons (Fsp3) is 0.250. The molecule has 7 heteroatoms. The second-order valence-electron chi connectivity index (χ2n) is 5.39. The average molecular weight is 312 g/mol. The summed E-state index contributed by atoms with van der Waals surface area (Å²) in [6.45, 7) is 2.01. The summed E-state index contributed by atoms with van der Waals surface area (Å²) in [5.74, 6) is 0.814. The van der Waals surface area contributed by atoms with Gasteiger partial charge in [0.15, 0.2) is 0 Å². The van der Waals surface area contributed by atoms with Crippen LogP contribution >= 0.6 is 0 Å². The Balaban J connectivity index is 1.75. The maximum atomic E-state index is 12.2. The van der Waals surface area contributed by atoms with Gasteiger partial charge in [0, 0.05) is 13.1 Å². The number of aryl methyl sites for hydroxylation is 1. The molecule has 23 heavy (non-hydrogen) atoms. The summed E-state index contributed by atoms with van der Waals surface area (Å²) in [6.07, 6.45) is 0.120. The zero-order valence-electron chi connectivity index (χ0n) is 12.9. The first-order chi connectivity index (χ1) is 11.0. The second kappa shape index (κ2) is 6.04. The van der Waals surface area contributed by atoms with Crippen molar-refractivity contribution in [3.63, 3.8) is 0 Å². The van der Waals surface area contributed by atoms with Crippen molar-refractivity contribution in [3.8, 4) is 0 Å². The van der Waals surface area contributed by atoms with Crippen LogP contribution in [0.25, 0.3) is 10.9 Å². The van der Waals surface area contributed by atoms with Gasteiger partial charge in [-0.25, -0.2) is 4.98 Å². The van der Waals surface area contributed by atoms with Crippen LogP contribution in [0.1, 0.15) is 17.3 Å². The summed E-state index contributed by atoms with van der Waals surface area (Å²) >= 11 is 0. The lowest BCUT2D eigenvalue weighted by Gasteiger charge is -2.15. The van der Waals surface area contributed by atoms with Crippen LogP contribution in [-0.2, 0) is 17.8 Å². The average Bonchev–Trinajstić information content (AvgIpc) is 2.92. The molecule has 0 aliphatic carbocycles. The molecule has 0 saturated carbocycles. The van der Waals surface area contributed by atoms with Gasteiger partial charge in [0.25, 0.3) is 5.56 Å². The van der Waals surface area contributed by atoms with E-state index in [1.807, 2.05) is 6.07 Å². The van der Waals surface area contributed by atoms with Gasteiger partial charge in [-0.3, -0.25) is 9.59 Å². The molecule has 1 aromatic carbocycles. The molecule has 1 N–H and O–H groups in total. The lowest BCUT2D eigenvalue weighted by atomic mass is 10.2. The van der Waals surface area contributed by atoms with Crippen LogP contribution in [0.2, 0.25) is 0 Å². The van der Waals surface area contributed by atoms with Crippen molar-refractivity contribution in [3.05, 3.63) is 58.0 Å². The van der Waals surface area contributed by atoms with Crippen LogP contribution in [-0.4, -0.2) is 33.0 Å². The minimum atomic E-state index is -0.211. The van der Waals surface area contributed by atoms with E-state index in [9.17, 15) is 9.59 Å². The topological polar surface area (TPSA) is 92.1 Å². The van der Waals surface area contributed by atoms with Crippen LogP contribution in [0.5, 0.6) is 0 Å². The highest BCUT2D eigenvalue weighted by molar-refractivity contribution is 5.78. The van der Waals surface area contributed by atoms with E-state index in [1.54, 1.807) is 38.2 Å². The molecule has 0 spiro atoms. The summed E-state index contributed by atoms with van der Waals surface area (Å²) in [5, 5.41) is 4.28. The molecule has 2 aromatic heterocycles. The van der Waals surface area contributed by atoms with Crippen molar-refractivity contribution in [2.24, 2.45) is 0 Å². The Kier molecular flexibility index (Phi) is 3.92.